The molecule has 1 aliphatic rings. The van der Waals surface area contributed by atoms with Gasteiger partial charge < -0.3 is 0 Å². The molecule has 1 heteroatoms. The minimum atomic E-state index is 0.746. The average molecular weight is 262 g/mol. The Balaban J connectivity index is 2.81. The van der Waals surface area contributed by atoms with Crippen molar-refractivity contribution in [3.05, 3.63) is 23.3 Å². The standard InChI is InChI=1S/C10H15I/c1-7-4-8(2)9(3)10(5-7)6-11/h4-5,9-10H,6H2,1-3H3. The molecular weight excluding hydrogens is 247 g/mol. The lowest BCUT2D eigenvalue weighted by Gasteiger charge is -2.24. The van der Waals surface area contributed by atoms with E-state index in [2.05, 4.69) is 55.5 Å². The second-order valence-electron chi connectivity index (χ2n) is 3.41. The highest BCUT2D eigenvalue weighted by Gasteiger charge is 2.18. The van der Waals surface area contributed by atoms with Gasteiger partial charge in [0.25, 0.3) is 0 Å². The van der Waals surface area contributed by atoms with Crippen LogP contribution in [0.1, 0.15) is 20.8 Å². The molecule has 0 saturated carbocycles. The molecule has 0 radical (unpaired) electrons. The van der Waals surface area contributed by atoms with Gasteiger partial charge in [0, 0.05) is 4.43 Å². The van der Waals surface area contributed by atoms with Crippen molar-refractivity contribution >= 4 is 22.6 Å². The van der Waals surface area contributed by atoms with Crippen LogP contribution in [-0.2, 0) is 0 Å². The normalized spacial score (nSPS) is 31.3. The van der Waals surface area contributed by atoms with Crippen LogP contribution in [0.2, 0.25) is 0 Å². The number of alkyl halides is 1. The number of allylic oxidation sites excluding steroid dienone is 4. The SMILES string of the molecule is CC1=CC(CI)C(C)C(C)=C1. The highest BCUT2D eigenvalue weighted by Crippen LogP contribution is 2.29. The van der Waals surface area contributed by atoms with E-state index in [1.165, 1.54) is 15.6 Å². The van der Waals surface area contributed by atoms with Crippen LogP contribution >= 0.6 is 22.6 Å². The zero-order valence-corrected chi connectivity index (χ0v) is 9.55. The smallest absolute Gasteiger partial charge is 0.00642 e. The summed E-state index contributed by atoms with van der Waals surface area (Å²) >= 11 is 2.47. The van der Waals surface area contributed by atoms with E-state index >= 15 is 0 Å². The zero-order valence-electron chi connectivity index (χ0n) is 7.39. The average Bonchev–Trinajstić information content (AvgIpc) is 1.96. The van der Waals surface area contributed by atoms with Crippen molar-refractivity contribution in [3.8, 4) is 0 Å². The molecule has 0 spiro atoms. The highest BCUT2D eigenvalue weighted by molar-refractivity contribution is 14.1. The van der Waals surface area contributed by atoms with Crippen LogP contribution in [0.25, 0.3) is 0 Å². The molecule has 0 saturated heterocycles. The molecule has 0 bridgehead atoms. The van der Waals surface area contributed by atoms with E-state index in [1.54, 1.807) is 0 Å². The van der Waals surface area contributed by atoms with Gasteiger partial charge in [-0.25, -0.2) is 0 Å². The van der Waals surface area contributed by atoms with Gasteiger partial charge in [0.2, 0.25) is 0 Å². The molecule has 0 aliphatic heterocycles. The van der Waals surface area contributed by atoms with Crippen molar-refractivity contribution in [2.24, 2.45) is 11.8 Å². The van der Waals surface area contributed by atoms with Crippen LogP contribution in [0.4, 0.5) is 0 Å². The zero-order chi connectivity index (χ0) is 8.43. The Morgan fingerprint density at radius 3 is 2.64 bits per heavy atom. The highest BCUT2D eigenvalue weighted by atomic mass is 127. The van der Waals surface area contributed by atoms with Gasteiger partial charge in [0.05, 0.1) is 0 Å². The maximum absolute atomic E-state index is 2.47. The number of hydrogen-bond acceptors (Lipinski definition) is 0. The van der Waals surface area contributed by atoms with E-state index in [4.69, 9.17) is 0 Å². The van der Waals surface area contributed by atoms with Gasteiger partial charge in [-0.1, -0.05) is 52.8 Å². The summed E-state index contributed by atoms with van der Waals surface area (Å²) in [5, 5.41) is 0. The van der Waals surface area contributed by atoms with Gasteiger partial charge in [-0.3, -0.25) is 0 Å². The molecule has 1 aliphatic carbocycles. The first-order valence-electron chi connectivity index (χ1n) is 4.07. The van der Waals surface area contributed by atoms with Gasteiger partial charge in [-0.15, -0.1) is 0 Å². The second kappa shape index (κ2) is 3.74. The fourth-order valence-electron chi connectivity index (χ4n) is 1.54. The van der Waals surface area contributed by atoms with E-state index in [0.29, 0.717) is 0 Å². The topological polar surface area (TPSA) is 0 Å². The first-order valence-corrected chi connectivity index (χ1v) is 5.60. The third-order valence-electron chi connectivity index (χ3n) is 2.47. The molecule has 0 amide bonds. The Bertz CT molecular complexity index is 201. The fraction of sp³-hybridized carbons (Fsp3) is 0.600. The summed E-state index contributed by atoms with van der Waals surface area (Å²) in [5.41, 5.74) is 2.97. The lowest BCUT2D eigenvalue weighted by Crippen LogP contribution is -2.15. The number of hydrogen-bond donors (Lipinski definition) is 0. The predicted octanol–water partition coefficient (Wildman–Crippen LogP) is 3.58. The number of rotatable bonds is 1. The molecule has 0 fully saturated rings. The molecule has 0 N–H and O–H groups in total. The minimum absolute atomic E-state index is 0.746. The quantitative estimate of drug-likeness (QED) is 0.500. The van der Waals surface area contributed by atoms with E-state index < -0.39 is 0 Å². The van der Waals surface area contributed by atoms with Crippen molar-refractivity contribution in [2.45, 2.75) is 20.8 Å². The van der Waals surface area contributed by atoms with Gasteiger partial charge in [0.15, 0.2) is 0 Å². The van der Waals surface area contributed by atoms with Crippen LogP contribution in [0.3, 0.4) is 0 Å². The third kappa shape index (κ3) is 2.08. The molecule has 62 valence electrons. The van der Waals surface area contributed by atoms with Crippen LogP contribution < -0.4 is 0 Å². The van der Waals surface area contributed by atoms with Gasteiger partial charge in [0.1, 0.15) is 0 Å². The predicted molar refractivity (Wildman–Crippen MR) is 59.1 cm³/mol. The van der Waals surface area contributed by atoms with Gasteiger partial charge >= 0.3 is 0 Å². The van der Waals surface area contributed by atoms with Crippen molar-refractivity contribution in [2.75, 3.05) is 4.43 Å². The maximum atomic E-state index is 2.47. The number of halogens is 1. The molecule has 11 heavy (non-hydrogen) atoms. The second-order valence-corrected chi connectivity index (χ2v) is 4.29. The Morgan fingerprint density at radius 1 is 1.45 bits per heavy atom. The Hall–Kier alpha value is 0.210. The summed E-state index contributed by atoms with van der Waals surface area (Å²) in [4.78, 5) is 0. The van der Waals surface area contributed by atoms with Crippen molar-refractivity contribution in [1.82, 2.24) is 0 Å². The van der Waals surface area contributed by atoms with E-state index in [1.807, 2.05) is 0 Å². The third-order valence-corrected chi connectivity index (χ3v) is 3.49. The molecule has 2 unspecified atom stereocenters. The molecule has 0 aromatic rings. The van der Waals surface area contributed by atoms with E-state index in [0.717, 1.165) is 11.8 Å². The van der Waals surface area contributed by atoms with Crippen LogP contribution in [0.15, 0.2) is 23.3 Å². The van der Waals surface area contributed by atoms with Crippen LogP contribution in [0, 0.1) is 11.8 Å². The van der Waals surface area contributed by atoms with Gasteiger partial charge in [-0.05, 0) is 25.7 Å². The fourth-order valence-corrected chi connectivity index (χ4v) is 2.55. The lowest BCUT2D eigenvalue weighted by molar-refractivity contribution is 0.532. The molecular formula is C10H15I. The molecule has 0 nitrogen and oxygen atoms in total. The molecule has 0 aromatic carbocycles. The van der Waals surface area contributed by atoms with Crippen LogP contribution in [0.5, 0.6) is 0 Å². The largest absolute Gasteiger partial charge is 0.0857 e. The Morgan fingerprint density at radius 2 is 2.09 bits per heavy atom. The van der Waals surface area contributed by atoms with Crippen molar-refractivity contribution in [1.29, 1.82) is 0 Å². The van der Waals surface area contributed by atoms with Crippen molar-refractivity contribution < 1.29 is 0 Å². The summed E-state index contributed by atoms with van der Waals surface area (Å²) in [6.07, 6.45) is 4.69. The van der Waals surface area contributed by atoms with Crippen molar-refractivity contribution in [3.63, 3.8) is 0 Å². The Labute approximate surface area is 82.9 Å². The summed E-state index contributed by atoms with van der Waals surface area (Å²) < 4.78 is 1.24. The van der Waals surface area contributed by atoms with Gasteiger partial charge in [-0.2, -0.15) is 0 Å². The summed E-state index contributed by atoms with van der Waals surface area (Å²) in [6, 6.07) is 0. The molecule has 2 atom stereocenters. The Kier molecular flexibility index (Phi) is 3.16. The maximum Gasteiger partial charge on any atom is 0.00642 e. The molecule has 0 heterocycles. The van der Waals surface area contributed by atoms with E-state index in [-0.39, 0.29) is 0 Å². The first kappa shape index (κ1) is 9.30. The lowest BCUT2D eigenvalue weighted by atomic mass is 9.83. The minimum Gasteiger partial charge on any atom is -0.0857 e. The molecule has 0 aromatic heterocycles. The summed E-state index contributed by atoms with van der Waals surface area (Å²) in [7, 11) is 0. The first-order chi connectivity index (χ1) is 5.15. The molecule has 1 rings (SSSR count). The van der Waals surface area contributed by atoms with Crippen LogP contribution in [-0.4, -0.2) is 4.43 Å². The summed E-state index contributed by atoms with van der Waals surface area (Å²) in [5.74, 6) is 1.51. The summed E-state index contributed by atoms with van der Waals surface area (Å²) in [6.45, 7) is 6.74. The van der Waals surface area contributed by atoms with E-state index in [9.17, 15) is 0 Å². The monoisotopic (exact) mass is 262 g/mol.